The SMILES string of the molecule is CC(=O)[C@H]1[C@H]2CC[C@H](C2)[C@H]1C(=O)O. The number of carboxylic acid groups (broad SMARTS) is 1. The summed E-state index contributed by atoms with van der Waals surface area (Å²) in [5.74, 6) is -0.625. The molecule has 0 aromatic carbocycles. The number of Topliss-reactive ketones (excluding diaryl/α,β-unsaturated/α-hetero) is 1. The Kier molecular flexibility index (Phi) is 1.90. The van der Waals surface area contributed by atoms with Crippen molar-refractivity contribution in [2.45, 2.75) is 26.2 Å². The molecule has 3 heteroatoms. The van der Waals surface area contributed by atoms with Gasteiger partial charge in [-0.25, -0.2) is 0 Å². The van der Waals surface area contributed by atoms with Crippen molar-refractivity contribution in [2.75, 3.05) is 0 Å². The Morgan fingerprint density at radius 1 is 1.15 bits per heavy atom. The fourth-order valence-corrected chi connectivity index (χ4v) is 3.23. The van der Waals surface area contributed by atoms with Gasteiger partial charge in [0.25, 0.3) is 0 Å². The van der Waals surface area contributed by atoms with Crippen LogP contribution in [0.1, 0.15) is 26.2 Å². The molecule has 2 saturated carbocycles. The van der Waals surface area contributed by atoms with Gasteiger partial charge in [-0.3, -0.25) is 9.59 Å². The highest BCUT2D eigenvalue weighted by molar-refractivity contribution is 5.85. The van der Waals surface area contributed by atoms with E-state index < -0.39 is 5.97 Å². The Bertz CT molecular complexity index is 233. The van der Waals surface area contributed by atoms with Gasteiger partial charge in [-0.1, -0.05) is 0 Å². The molecule has 4 atom stereocenters. The van der Waals surface area contributed by atoms with Crippen LogP contribution in [0.2, 0.25) is 0 Å². The number of hydrogen-bond donors (Lipinski definition) is 1. The van der Waals surface area contributed by atoms with Gasteiger partial charge in [0.15, 0.2) is 0 Å². The van der Waals surface area contributed by atoms with Crippen LogP contribution in [0.3, 0.4) is 0 Å². The van der Waals surface area contributed by atoms with Gasteiger partial charge in [-0.15, -0.1) is 0 Å². The van der Waals surface area contributed by atoms with Crippen LogP contribution in [0.5, 0.6) is 0 Å². The monoisotopic (exact) mass is 182 g/mol. The van der Waals surface area contributed by atoms with Gasteiger partial charge in [0, 0.05) is 5.92 Å². The molecule has 0 amide bonds. The second-order valence-corrected chi connectivity index (χ2v) is 4.33. The van der Waals surface area contributed by atoms with Crippen LogP contribution in [-0.4, -0.2) is 16.9 Å². The molecule has 0 aliphatic heterocycles. The molecule has 72 valence electrons. The number of ketones is 1. The molecule has 0 aromatic rings. The van der Waals surface area contributed by atoms with Crippen molar-refractivity contribution < 1.29 is 14.7 Å². The zero-order valence-corrected chi connectivity index (χ0v) is 7.69. The highest BCUT2D eigenvalue weighted by atomic mass is 16.4. The van der Waals surface area contributed by atoms with E-state index in [0.29, 0.717) is 5.92 Å². The third-order valence-electron chi connectivity index (χ3n) is 3.67. The summed E-state index contributed by atoms with van der Waals surface area (Å²) in [4.78, 5) is 22.2. The fraction of sp³-hybridized carbons (Fsp3) is 0.800. The van der Waals surface area contributed by atoms with Crippen molar-refractivity contribution in [2.24, 2.45) is 23.7 Å². The van der Waals surface area contributed by atoms with Crippen molar-refractivity contribution in [1.82, 2.24) is 0 Å². The molecule has 13 heavy (non-hydrogen) atoms. The standard InChI is InChI=1S/C10H14O3/c1-5(11)8-6-2-3-7(4-6)9(8)10(12)13/h6-9H,2-4H2,1H3,(H,12,13)/t6-,7+,8-,9+/m0/s1. The first kappa shape index (κ1) is 8.73. The summed E-state index contributed by atoms with van der Waals surface area (Å²) in [6.45, 7) is 1.53. The predicted octanol–water partition coefficient (Wildman–Crippen LogP) is 1.32. The summed E-state index contributed by atoms with van der Waals surface area (Å²) in [6.07, 6.45) is 3.02. The Labute approximate surface area is 77.1 Å². The molecule has 0 spiro atoms. The van der Waals surface area contributed by atoms with E-state index >= 15 is 0 Å². The molecule has 0 aromatic heterocycles. The van der Waals surface area contributed by atoms with Gasteiger partial charge in [-0.2, -0.15) is 0 Å². The fourth-order valence-electron chi connectivity index (χ4n) is 3.23. The molecule has 0 radical (unpaired) electrons. The topological polar surface area (TPSA) is 54.4 Å². The Morgan fingerprint density at radius 3 is 2.08 bits per heavy atom. The van der Waals surface area contributed by atoms with Gasteiger partial charge in [0.05, 0.1) is 5.92 Å². The molecule has 1 N–H and O–H groups in total. The van der Waals surface area contributed by atoms with E-state index in [9.17, 15) is 9.59 Å². The highest BCUT2D eigenvalue weighted by Crippen LogP contribution is 2.52. The third-order valence-corrected chi connectivity index (χ3v) is 3.67. The summed E-state index contributed by atoms with van der Waals surface area (Å²) in [6, 6.07) is 0. The van der Waals surface area contributed by atoms with Gasteiger partial charge >= 0.3 is 5.97 Å². The number of fused-ring (bicyclic) bond motifs is 2. The van der Waals surface area contributed by atoms with E-state index in [0.717, 1.165) is 19.3 Å². The van der Waals surface area contributed by atoms with Crippen molar-refractivity contribution >= 4 is 11.8 Å². The van der Waals surface area contributed by atoms with Gasteiger partial charge < -0.3 is 5.11 Å². The van der Waals surface area contributed by atoms with Crippen LogP contribution < -0.4 is 0 Å². The minimum Gasteiger partial charge on any atom is -0.481 e. The summed E-state index contributed by atoms with van der Waals surface area (Å²) in [7, 11) is 0. The van der Waals surface area contributed by atoms with E-state index in [1.807, 2.05) is 0 Å². The average Bonchev–Trinajstić information content (AvgIpc) is 2.60. The number of aliphatic carboxylic acids is 1. The molecular weight excluding hydrogens is 168 g/mol. The zero-order chi connectivity index (χ0) is 9.59. The maximum atomic E-state index is 11.3. The van der Waals surface area contributed by atoms with E-state index in [1.54, 1.807) is 0 Å². The molecule has 2 bridgehead atoms. The second kappa shape index (κ2) is 2.82. The normalized spacial score (nSPS) is 42.2. The minimum absolute atomic E-state index is 0.0691. The lowest BCUT2D eigenvalue weighted by Gasteiger charge is -2.25. The molecule has 0 unspecified atom stereocenters. The van der Waals surface area contributed by atoms with Crippen LogP contribution in [0.15, 0.2) is 0 Å². The largest absolute Gasteiger partial charge is 0.481 e. The summed E-state index contributed by atoms with van der Waals surface area (Å²) in [5, 5.41) is 9.00. The summed E-state index contributed by atoms with van der Waals surface area (Å²) >= 11 is 0. The number of hydrogen-bond acceptors (Lipinski definition) is 2. The molecule has 3 nitrogen and oxygen atoms in total. The first-order valence-corrected chi connectivity index (χ1v) is 4.84. The van der Waals surface area contributed by atoms with Crippen molar-refractivity contribution in [3.8, 4) is 0 Å². The third kappa shape index (κ3) is 1.18. The second-order valence-electron chi connectivity index (χ2n) is 4.33. The van der Waals surface area contributed by atoms with Crippen LogP contribution in [0, 0.1) is 23.7 Å². The predicted molar refractivity (Wildman–Crippen MR) is 46.1 cm³/mol. The van der Waals surface area contributed by atoms with E-state index in [4.69, 9.17) is 5.11 Å². The van der Waals surface area contributed by atoms with Crippen molar-refractivity contribution in [3.63, 3.8) is 0 Å². The maximum absolute atomic E-state index is 11.3. The lowest BCUT2D eigenvalue weighted by molar-refractivity contribution is -0.148. The molecule has 2 fully saturated rings. The quantitative estimate of drug-likeness (QED) is 0.700. The molecular formula is C10H14O3. The lowest BCUT2D eigenvalue weighted by Crippen LogP contribution is -2.33. The van der Waals surface area contributed by atoms with Crippen molar-refractivity contribution in [1.29, 1.82) is 0 Å². The summed E-state index contributed by atoms with van der Waals surface area (Å²) < 4.78 is 0. The van der Waals surface area contributed by atoms with Gasteiger partial charge in [0.1, 0.15) is 5.78 Å². The van der Waals surface area contributed by atoms with Crippen molar-refractivity contribution in [3.05, 3.63) is 0 Å². The molecule has 2 aliphatic carbocycles. The van der Waals surface area contributed by atoms with E-state index in [2.05, 4.69) is 0 Å². The minimum atomic E-state index is -0.771. The number of carbonyl (C=O) groups is 2. The average molecular weight is 182 g/mol. The van der Waals surface area contributed by atoms with E-state index in [-0.39, 0.29) is 23.5 Å². The first-order valence-electron chi connectivity index (χ1n) is 4.84. The Hall–Kier alpha value is -0.860. The zero-order valence-electron chi connectivity index (χ0n) is 7.69. The smallest absolute Gasteiger partial charge is 0.307 e. The number of carboxylic acids is 1. The molecule has 0 saturated heterocycles. The summed E-state index contributed by atoms with van der Waals surface area (Å²) in [5.41, 5.74) is 0. The number of carbonyl (C=O) groups excluding carboxylic acids is 1. The van der Waals surface area contributed by atoms with Crippen LogP contribution in [0.4, 0.5) is 0 Å². The first-order chi connectivity index (χ1) is 6.11. The molecule has 2 rings (SSSR count). The highest BCUT2D eigenvalue weighted by Gasteiger charge is 2.52. The van der Waals surface area contributed by atoms with Gasteiger partial charge in [-0.05, 0) is 38.0 Å². The van der Waals surface area contributed by atoms with Crippen LogP contribution >= 0.6 is 0 Å². The lowest BCUT2D eigenvalue weighted by atomic mass is 9.77. The molecule has 0 heterocycles. The van der Waals surface area contributed by atoms with E-state index in [1.165, 1.54) is 6.92 Å². The molecule has 2 aliphatic rings. The van der Waals surface area contributed by atoms with Gasteiger partial charge in [0.2, 0.25) is 0 Å². The number of rotatable bonds is 2. The maximum Gasteiger partial charge on any atom is 0.307 e. The van der Waals surface area contributed by atoms with Crippen LogP contribution in [0.25, 0.3) is 0 Å². The Morgan fingerprint density at radius 2 is 1.69 bits per heavy atom. The Balaban J connectivity index is 2.24. The van der Waals surface area contributed by atoms with Crippen LogP contribution in [-0.2, 0) is 9.59 Å².